The van der Waals surface area contributed by atoms with Crippen molar-refractivity contribution in [1.82, 2.24) is 4.90 Å². The highest BCUT2D eigenvalue weighted by Gasteiger charge is 2.53. The molecule has 3 aliphatic rings. The molecule has 122 valence electrons. The fourth-order valence-corrected chi connectivity index (χ4v) is 5.28. The molecule has 3 fully saturated rings. The third-order valence-electron chi connectivity index (χ3n) is 6.44. The average Bonchev–Trinajstić information content (AvgIpc) is 3.06. The first-order valence-corrected chi connectivity index (χ1v) is 9.01. The number of rotatable bonds is 3. The highest BCUT2D eigenvalue weighted by molar-refractivity contribution is 5.05. The number of nitrogens with zero attached hydrogens (tertiary/aromatic N) is 1. The molecule has 1 aliphatic carbocycles. The first-order valence-electron chi connectivity index (χ1n) is 9.01. The lowest BCUT2D eigenvalue weighted by Crippen LogP contribution is -2.49. The molecule has 0 bridgehead atoms. The van der Waals surface area contributed by atoms with Crippen molar-refractivity contribution < 1.29 is 4.74 Å². The zero-order valence-electron chi connectivity index (χ0n) is 14.4. The minimum atomic E-state index is -0.198. The maximum atomic E-state index is 6.56. The number of ether oxygens (including phenoxy) is 1. The van der Waals surface area contributed by atoms with Gasteiger partial charge in [0, 0.05) is 24.5 Å². The molecule has 3 rings (SSSR count). The molecule has 3 atom stereocenters. The maximum absolute atomic E-state index is 6.56. The van der Waals surface area contributed by atoms with Crippen molar-refractivity contribution in [3.05, 3.63) is 0 Å². The fourth-order valence-electron chi connectivity index (χ4n) is 5.28. The summed E-state index contributed by atoms with van der Waals surface area (Å²) in [6, 6.07) is 0.955. The Labute approximate surface area is 130 Å². The van der Waals surface area contributed by atoms with Crippen molar-refractivity contribution in [2.75, 3.05) is 13.1 Å². The summed E-state index contributed by atoms with van der Waals surface area (Å²) < 4.78 is 6.28. The van der Waals surface area contributed by atoms with E-state index in [0.717, 1.165) is 18.5 Å². The molecule has 0 radical (unpaired) electrons. The normalized spacial score (nSPS) is 40.1. The van der Waals surface area contributed by atoms with Crippen LogP contribution in [0.1, 0.15) is 66.2 Å². The van der Waals surface area contributed by atoms with E-state index in [2.05, 4.69) is 32.6 Å². The summed E-state index contributed by atoms with van der Waals surface area (Å²) in [5.74, 6) is 1.39. The number of likely N-dealkylation sites (tertiary alicyclic amines) is 1. The van der Waals surface area contributed by atoms with Gasteiger partial charge in [-0.1, -0.05) is 12.8 Å². The second-order valence-corrected chi connectivity index (χ2v) is 8.69. The molecule has 2 aliphatic heterocycles. The first-order chi connectivity index (χ1) is 9.81. The summed E-state index contributed by atoms with van der Waals surface area (Å²) in [5, 5.41) is 0. The standard InChI is InChI=1S/C18H34N2O/c1-17(2)14(16(19)18(3,4)21-17)12-20-11-7-10-15(20)13-8-5-6-9-13/h13-16H,5-12,19H2,1-4H3. The van der Waals surface area contributed by atoms with Crippen LogP contribution in [-0.4, -0.2) is 41.3 Å². The zero-order chi connectivity index (χ0) is 15.3. The Morgan fingerprint density at radius 1 is 1.00 bits per heavy atom. The fraction of sp³-hybridized carbons (Fsp3) is 1.00. The summed E-state index contributed by atoms with van der Waals surface area (Å²) in [7, 11) is 0. The molecule has 1 saturated carbocycles. The Morgan fingerprint density at radius 2 is 1.67 bits per heavy atom. The summed E-state index contributed by atoms with van der Waals surface area (Å²) in [4.78, 5) is 2.76. The first kappa shape index (κ1) is 15.8. The highest BCUT2D eigenvalue weighted by atomic mass is 16.5. The molecular weight excluding hydrogens is 260 g/mol. The second-order valence-electron chi connectivity index (χ2n) is 8.69. The molecule has 0 aromatic carbocycles. The van der Waals surface area contributed by atoms with Crippen molar-refractivity contribution in [1.29, 1.82) is 0 Å². The molecule has 2 N–H and O–H groups in total. The number of hydrogen-bond donors (Lipinski definition) is 1. The molecule has 2 saturated heterocycles. The van der Waals surface area contributed by atoms with Crippen molar-refractivity contribution in [3.63, 3.8) is 0 Å². The van der Waals surface area contributed by atoms with Gasteiger partial charge in [-0.15, -0.1) is 0 Å². The predicted molar refractivity (Wildman–Crippen MR) is 87.3 cm³/mol. The summed E-state index contributed by atoms with van der Waals surface area (Å²) >= 11 is 0. The van der Waals surface area contributed by atoms with E-state index in [4.69, 9.17) is 10.5 Å². The molecule has 0 spiro atoms. The molecule has 21 heavy (non-hydrogen) atoms. The van der Waals surface area contributed by atoms with Crippen LogP contribution in [0.2, 0.25) is 0 Å². The van der Waals surface area contributed by atoms with Crippen molar-refractivity contribution >= 4 is 0 Å². The van der Waals surface area contributed by atoms with Crippen molar-refractivity contribution in [2.24, 2.45) is 17.6 Å². The molecule has 0 aromatic heterocycles. The predicted octanol–water partition coefficient (Wildman–Crippen LogP) is 3.17. The van der Waals surface area contributed by atoms with E-state index in [1.54, 1.807) is 0 Å². The van der Waals surface area contributed by atoms with Gasteiger partial charge in [-0.05, 0) is 65.8 Å². The van der Waals surface area contributed by atoms with Crippen LogP contribution in [-0.2, 0) is 4.74 Å². The van der Waals surface area contributed by atoms with Crippen LogP contribution in [0.3, 0.4) is 0 Å². The van der Waals surface area contributed by atoms with Gasteiger partial charge < -0.3 is 10.5 Å². The van der Waals surface area contributed by atoms with Crippen molar-refractivity contribution in [3.8, 4) is 0 Å². The summed E-state index contributed by atoms with van der Waals surface area (Å²) in [5.41, 5.74) is 6.25. The van der Waals surface area contributed by atoms with Crippen LogP contribution in [0.4, 0.5) is 0 Å². The minimum Gasteiger partial charge on any atom is -0.368 e. The smallest absolute Gasteiger partial charge is 0.0788 e. The SMILES string of the molecule is CC1(C)OC(C)(C)C(CN2CCCC2C2CCCC2)C1N. The van der Waals surface area contributed by atoms with Gasteiger partial charge in [0.2, 0.25) is 0 Å². The summed E-state index contributed by atoms with van der Waals surface area (Å²) in [6.45, 7) is 11.1. The molecule has 3 unspecified atom stereocenters. The van der Waals surface area contributed by atoms with E-state index < -0.39 is 0 Å². The lowest BCUT2D eigenvalue weighted by atomic mass is 9.82. The van der Waals surface area contributed by atoms with E-state index in [1.807, 2.05) is 0 Å². The number of nitrogens with two attached hydrogens (primary N) is 1. The molecule has 3 nitrogen and oxygen atoms in total. The second kappa shape index (κ2) is 5.50. The average molecular weight is 294 g/mol. The van der Waals surface area contributed by atoms with E-state index in [1.165, 1.54) is 45.1 Å². The minimum absolute atomic E-state index is 0.105. The maximum Gasteiger partial charge on any atom is 0.0788 e. The van der Waals surface area contributed by atoms with E-state index in [0.29, 0.717) is 5.92 Å². The quantitative estimate of drug-likeness (QED) is 0.869. The molecule has 3 heteroatoms. The largest absolute Gasteiger partial charge is 0.368 e. The van der Waals surface area contributed by atoms with Gasteiger partial charge in [-0.25, -0.2) is 0 Å². The summed E-state index contributed by atoms with van der Waals surface area (Å²) in [6.07, 6.45) is 8.55. The Morgan fingerprint density at radius 3 is 2.24 bits per heavy atom. The van der Waals surface area contributed by atoms with Crippen LogP contribution in [0, 0.1) is 11.8 Å². The van der Waals surface area contributed by atoms with E-state index in [9.17, 15) is 0 Å². The molecule has 0 aromatic rings. The highest BCUT2D eigenvalue weighted by Crippen LogP contribution is 2.43. The third kappa shape index (κ3) is 2.89. The van der Waals surface area contributed by atoms with Gasteiger partial charge >= 0.3 is 0 Å². The van der Waals surface area contributed by atoms with Crippen LogP contribution in [0.5, 0.6) is 0 Å². The Balaban J connectivity index is 1.70. The van der Waals surface area contributed by atoms with Crippen LogP contribution in [0.25, 0.3) is 0 Å². The lowest BCUT2D eigenvalue weighted by Gasteiger charge is -2.36. The van der Waals surface area contributed by atoms with Gasteiger partial charge in [0.05, 0.1) is 11.2 Å². The van der Waals surface area contributed by atoms with Gasteiger partial charge in [-0.3, -0.25) is 4.90 Å². The Kier molecular flexibility index (Phi) is 4.13. The van der Waals surface area contributed by atoms with Gasteiger partial charge in [0.1, 0.15) is 0 Å². The van der Waals surface area contributed by atoms with Crippen LogP contribution >= 0.6 is 0 Å². The Bertz CT molecular complexity index is 373. The van der Waals surface area contributed by atoms with E-state index >= 15 is 0 Å². The lowest BCUT2D eigenvalue weighted by molar-refractivity contribution is -0.0790. The molecule has 2 heterocycles. The third-order valence-corrected chi connectivity index (χ3v) is 6.44. The van der Waals surface area contributed by atoms with Crippen LogP contribution in [0.15, 0.2) is 0 Å². The number of hydrogen-bond acceptors (Lipinski definition) is 3. The van der Waals surface area contributed by atoms with Gasteiger partial charge in [0.15, 0.2) is 0 Å². The van der Waals surface area contributed by atoms with E-state index in [-0.39, 0.29) is 17.2 Å². The van der Waals surface area contributed by atoms with Crippen molar-refractivity contribution in [2.45, 2.75) is 89.5 Å². The topological polar surface area (TPSA) is 38.5 Å². The zero-order valence-corrected chi connectivity index (χ0v) is 14.4. The molecule has 0 amide bonds. The van der Waals surface area contributed by atoms with Gasteiger partial charge in [-0.2, -0.15) is 0 Å². The van der Waals surface area contributed by atoms with Gasteiger partial charge in [0.25, 0.3) is 0 Å². The Hall–Kier alpha value is -0.120. The van der Waals surface area contributed by atoms with Crippen LogP contribution < -0.4 is 5.73 Å². The monoisotopic (exact) mass is 294 g/mol. The molecular formula is C18H34N2O.